The first-order chi connectivity index (χ1) is 9.38. The van der Waals surface area contributed by atoms with Crippen molar-refractivity contribution in [2.24, 2.45) is 0 Å². The molecule has 0 N–H and O–H groups in total. The zero-order valence-electron chi connectivity index (χ0n) is 9.85. The number of nitriles is 1. The summed E-state index contributed by atoms with van der Waals surface area (Å²) in [6.07, 6.45) is -5.22. The van der Waals surface area contributed by atoms with Crippen LogP contribution in [-0.4, -0.2) is 25.0 Å². The number of amides is 1. The van der Waals surface area contributed by atoms with E-state index in [1.165, 1.54) is 6.07 Å². The van der Waals surface area contributed by atoms with Crippen molar-refractivity contribution >= 4 is 18.1 Å². The lowest BCUT2D eigenvalue weighted by molar-refractivity contribution is -0.137. The number of nitrogens with zero attached hydrogens (tertiary/aromatic N) is 2. The molecule has 0 aliphatic carbocycles. The third kappa shape index (κ3) is 2.30. The first-order valence-corrected chi connectivity index (χ1v) is 5.41. The van der Waals surface area contributed by atoms with Gasteiger partial charge in [0.15, 0.2) is 0 Å². The van der Waals surface area contributed by atoms with Crippen molar-refractivity contribution < 1.29 is 27.5 Å². The molecule has 1 heterocycles. The summed E-state index contributed by atoms with van der Waals surface area (Å²) < 4.78 is 43.1. The first kappa shape index (κ1) is 13.9. The van der Waals surface area contributed by atoms with Crippen LogP contribution < -0.4 is 4.90 Å². The van der Waals surface area contributed by atoms with Gasteiger partial charge in [-0.3, -0.25) is 4.90 Å². The fraction of sp³-hybridized carbons (Fsp3) is 0.250. The zero-order chi connectivity index (χ0) is 14.9. The van der Waals surface area contributed by atoms with Crippen LogP contribution in [0.4, 0.5) is 23.7 Å². The molecule has 0 saturated carbocycles. The largest absolute Gasteiger partial charge is 0.446 e. The molecule has 1 aromatic carbocycles. The molecule has 104 valence electrons. The van der Waals surface area contributed by atoms with Gasteiger partial charge in [0.1, 0.15) is 18.9 Å². The Labute approximate surface area is 111 Å². The Bertz CT molecular complexity index is 607. The highest BCUT2D eigenvalue weighted by molar-refractivity contribution is 5.95. The molecule has 0 unspecified atom stereocenters. The Balaban J connectivity index is 2.52. The number of halogens is 3. The van der Waals surface area contributed by atoms with Crippen LogP contribution in [0.3, 0.4) is 0 Å². The van der Waals surface area contributed by atoms with Crippen molar-refractivity contribution in [2.45, 2.75) is 12.2 Å². The average molecular weight is 284 g/mol. The second-order valence-electron chi connectivity index (χ2n) is 3.99. The van der Waals surface area contributed by atoms with Gasteiger partial charge < -0.3 is 9.53 Å². The van der Waals surface area contributed by atoms with Crippen LogP contribution in [-0.2, 0) is 15.7 Å². The SMILES string of the molecule is N#Cc1ccc(N2C(=O)OC[C@@H]2C=O)cc1C(F)(F)F. The second kappa shape index (κ2) is 4.85. The molecular formula is C12H7F3N2O3. The van der Waals surface area contributed by atoms with Gasteiger partial charge in [-0.15, -0.1) is 0 Å². The van der Waals surface area contributed by atoms with Gasteiger partial charge in [-0.05, 0) is 18.2 Å². The highest BCUT2D eigenvalue weighted by atomic mass is 19.4. The van der Waals surface area contributed by atoms with Gasteiger partial charge in [0.25, 0.3) is 0 Å². The highest BCUT2D eigenvalue weighted by Gasteiger charge is 2.38. The fourth-order valence-corrected chi connectivity index (χ4v) is 1.85. The van der Waals surface area contributed by atoms with Crippen molar-refractivity contribution in [3.63, 3.8) is 0 Å². The van der Waals surface area contributed by atoms with E-state index in [0.29, 0.717) is 12.4 Å². The van der Waals surface area contributed by atoms with Crippen LogP contribution in [0, 0.1) is 11.3 Å². The van der Waals surface area contributed by atoms with Crippen LogP contribution >= 0.6 is 0 Å². The molecule has 0 spiro atoms. The van der Waals surface area contributed by atoms with E-state index in [4.69, 9.17) is 5.26 Å². The second-order valence-corrected chi connectivity index (χ2v) is 3.99. The molecule has 8 heteroatoms. The van der Waals surface area contributed by atoms with Gasteiger partial charge in [0.2, 0.25) is 0 Å². The summed E-state index contributed by atoms with van der Waals surface area (Å²) >= 11 is 0. The maximum atomic E-state index is 12.8. The lowest BCUT2D eigenvalue weighted by Crippen LogP contribution is -2.34. The van der Waals surface area contributed by atoms with Crippen LogP contribution in [0.15, 0.2) is 18.2 Å². The summed E-state index contributed by atoms with van der Waals surface area (Å²) in [7, 11) is 0. The maximum absolute atomic E-state index is 12.8. The number of cyclic esters (lactones) is 1. The number of aldehydes is 1. The molecule has 0 radical (unpaired) electrons. The van der Waals surface area contributed by atoms with E-state index in [-0.39, 0.29) is 12.3 Å². The predicted octanol–water partition coefficient (Wildman–Crippen LogP) is 2.10. The smallest absolute Gasteiger partial charge is 0.417 e. The Morgan fingerprint density at radius 2 is 2.15 bits per heavy atom. The van der Waals surface area contributed by atoms with Gasteiger partial charge in [-0.2, -0.15) is 18.4 Å². The van der Waals surface area contributed by atoms with Gasteiger partial charge in [-0.1, -0.05) is 0 Å². The summed E-state index contributed by atoms with van der Waals surface area (Å²) in [6.45, 7) is -0.219. The van der Waals surface area contributed by atoms with E-state index < -0.39 is 29.4 Å². The van der Waals surface area contributed by atoms with Crippen LogP contribution in [0.25, 0.3) is 0 Å². The molecule has 1 aliphatic rings. The lowest BCUT2D eigenvalue weighted by atomic mass is 10.1. The topological polar surface area (TPSA) is 70.4 Å². The molecule has 1 amide bonds. The number of anilines is 1. The number of alkyl halides is 3. The molecule has 20 heavy (non-hydrogen) atoms. The van der Waals surface area contributed by atoms with E-state index in [1.54, 1.807) is 0 Å². The molecule has 1 fully saturated rings. The molecular weight excluding hydrogens is 277 g/mol. The molecule has 5 nitrogen and oxygen atoms in total. The highest BCUT2D eigenvalue weighted by Crippen LogP contribution is 2.35. The average Bonchev–Trinajstić information content (AvgIpc) is 2.78. The van der Waals surface area contributed by atoms with E-state index >= 15 is 0 Å². The Morgan fingerprint density at radius 1 is 1.45 bits per heavy atom. The van der Waals surface area contributed by atoms with Gasteiger partial charge in [0.05, 0.1) is 17.2 Å². The molecule has 1 atom stereocenters. The minimum atomic E-state index is -4.73. The number of carbonyl (C=O) groups is 2. The number of rotatable bonds is 2. The van der Waals surface area contributed by atoms with E-state index in [2.05, 4.69) is 4.74 Å². The van der Waals surface area contributed by atoms with Crippen molar-refractivity contribution in [3.8, 4) is 6.07 Å². The molecule has 0 aromatic heterocycles. The minimum Gasteiger partial charge on any atom is -0.446 e. The van der Waals surface area contributed by atoms with Crippen molar-refractivity contribution in [2.75, 3.05) is 11.5 Å². The molecule has 1 saturated heterocycles. The summed E-state index contributed by atoms with van der Waals surface area (Å²) in [5, 5.41) is 8.68. The van der Waals surface area contributed by atoms with E-state index in [1.807, 2.05) is 0 Å². The molecule has 2 rings (SSSR count). The zero-order valence-corrected chi connectivity index (χ0v) is 9.85. The quantitative estimate of drug-likeness (QED) is 0.780. The van der Waals surface area contributed by atoms with Crippen molar-refractivity contribution in [1.82, 2.24) is 0 Å². The minimum absolute atomic E-state index is 0.143. The Hall–Kier alpha value is -2.56. The molecule has 1 aliphatic heterocycles. The van der Waals surface area contributed by atoms with Gasteiger partial charge in [-0.25, -0.2) is 4.79 Å². The summed E-state index contributed by atoms with van der Waals surface area (Å²) in [6, 6.07) is 3.22. The summed E-state index contributed by atoms with van der Waals surface area (Å²) in [4.78, 5) is 23.1. The van der Waals surface area contributed by atoms with Crippen LogP contribution in [0.5, 0.6) is 0 Å². The van der Waals surface area contributed by atoms with E-state index in [9.17, 15) is 22.8 Å². The number of benzene rings is 1. The number of ether oxygens (including phenoxy) is 1. The van der Waals surface area contributed by atoms with Crippen molar-refractivity contribution in [1.29, 1.82) is 5.26 Å². The van der Waals surface area contributed by atoms with Crippen LogP contribution in [0.2, 0.25) is 0 Å². The van der Waals surface area contributed by atoms with Crippen molar-refractivity contribution in [3.05, 3.63) is 29.3 Å². The van der Waals surface area contributed by atoms with Crippen LogP contribution in [0.1, 0.15) is 11.1 Å². The standard InChI is InChI=1S/C12H7F3N2O3/c13-12(14,15)10-3-8(2-1-7(10)4-16)17-9(5-18)6-20-11(17)19/h1-3,5,9H,6H2/t9-/m0/s1. The normalized spacial score (nSPS) is 18.6. The number of carbonyl (C=O) groups excluding carboxylic acids is 2. The number of hydrogen-bond donors (Lipinski definition) is 0. The third-order valence-corrected chi connectivity index (χ3v) is 2.77. The summed E-state index contributed by atoms with van der Waals surface area (Å²) in [5.41, 5.74) is -1.87. The van der Waals surface area contributed by atoms with E-state index in [0.717, 1.165) is 17.0 Å². The lowest BCUT2D eigenvalue weighted by Gasteiger charge is -2.19. The fourth-order valence-electron chi connectivity index (χ4n) is 1.85. The predicted molar refractivity (Wildman–Crippen MR) is 59.8 cm³/mol. The Morgan fingerprint density at radius 3 is 2.70 bits per heavy atom. The summed E-state index contributed by atoms with van der Waals surface area (Å²) in [5.74, 6) is 0. The monoisotopic (exact) mass is 284 g/mol. The third-order valence-electron chi connectivity index (χ3n) is 2.77. The molecule has 1 aromatic rings. The van der Waals surface area contributed by atoms with Gasteiger partial charge >= 0.3 is 12.3 Å². The first-order valence-electron chi connectivity index (χ1n) is 5.41. The maximum Gasteiger partial charge on any atom is 0.417 e. The Kier molecular flexibility index (Phi) is 3.36. The van der Waals surface area contributed by atoms with Gasteiger partial charge in [0, 0.05) is 5.69 Å². The number of hydrogen-bond acceptors (Lipinski definition) is 4. The molecule has 0 bridgehead atoms.